The Bertz CT molecular complexity index is 688. The summed E-state index contributed by atoms with van der Waals surface area (Å²) in [6, 6.07) is 10.9. The maximum Gasteiger partial charge on any atom is 0.191 e. The first-order valence-electron chi connectivity index (χ1n) is 9.13. The number of hydrogen-bond acceptors (Lipinski definition) is 2. The molecule has 1 heterocycles. The molecule has 0 saturated heterocycles. The van der Waals surface area contributed by atoms with E-state index in [4.69, 9.17) is 4.99 Å². The molecule has 1 saturated carbocycles. The second-order valence-electron chi connectivity index (χ2n) is 6.78. The normalized spacial score (nSPS) is 20.8. The zero-order valence-corrected chi connectivity index (χ0v) is 17.5. The molecule has 1 aromatic carbocycles. The highest BCUT2D eigenvalue weighted by Gasteiger charge is 2.18. The Labute approximate surface area is 167 Å². The topological polar surface area (TPSA) is 49.3 Å². The molecule has 0 aliphatic heterocycles. The van der Waals surface area contributed by atoms with Crippen molar-refractivity contribution in [1.29, 1.82) is 0 Å². The summed E-state index contributed by atoms with van der Waals surface area (Å²) < 4.78 is 0. The molecular formula is C20H29IN4. The van der Waals surface area contributed by atoms with Crippen molar-refractivity contribution in [3.8, 4) is 0 Å². The Morgan fingerprint density at radius 1 is 1.16 bits per heavy atom. The molecule has 2 N–H and O–H groups in total. The fraction of sp³-hybridized carbons (Fsp3) is 0.500. The summed E-state index contributed by atoms with van der Waals surface area (Å²) in [4.78, 5) is 9.24. The average molecular weight is 452 g/mol. The third kappa shape index (κ3) is 5.56. The smallest absolute Gasteiger partial charge is 0.191 e. The van der Waals surface area contributed by atoms with Crippen molar-refractivity contribution >= 4 is 40.8 Å². The van der Waals surface area contributed by atoms with Crippen LogP contribution < -0.4 is 10.6 Å². The van der Waals surface area contributed by atoms with E-state index in [9.17, 15) is 0 Å². The number of halogens is 1. The van der Waals surface area contributed by atoms with Crippen LogP contribution in [0, 0.1) is 5.92 Å². The van der Waals surface area contributed by atoms with Gasteiger partial charge in [-0.15, -0.1) is 24.0 Å². The van der Waals surface area contributed by atoms with Gasteiger partial charge in [-0.25, -0.2) is 4.99 Å². The van der Waals surface area contributed by atoms with Gasteiger partial charge in [-0.05, 0) is 56.2 Å². The van der Waals surface area contributed by atoms with Crippen LogP contribution in [-0.4, -0.2) is 23.5 Å². The molecule has 5 heteroatoms. The lowest BCUT2D eigenvalue weighted by atomic mass is 9.87. The monoisotopic (exact) mass is 452 g/mol. The Balaban J connectivity index is 0.00000225. The first-order chi connectivity index (χ1) is 11.8. The van der Waals surface area contributed by atoms with Gasteiger partial charge in [-0.2, -0.15) is 0 Å². The highest BCUT2D eigenvalue weighted by molar-refractivity contribution is 14.0. The Hall–Kier alpha value is -1.37. The van der Waals surface area contributed by atoms with Crippen LogP contribution in [0.2, 0.25) is 0 Å². The maximum absolute atomic E-state index is 4.81. The van der Waals surface area contributed by atoms with E-state index < -0.39 is 0 Å². The fourth-order valence-corrected chi connectivity index (χ4v) is 3.37. The second-order valence-corrected chi connectivity index (χ2v) is 6.78. The first kappa shape index (κ1) is 19.9. The van der Waals surface area contributed by atoms with E-state index in [1.165, 1.54) is 36.6 Å². The van der Waals surface area contributed by atoms with Gasteiger partial charge in [-0.3, -0.25) is 4.98 Å². The number of guanidine groups is 1. The number of nitrogens with one attached hydrogen (secondary N) is 2. The van der Waals surface area contributed by atoms with Gasteiger partial charge in [0, 0.05) is 24.2 Å². The van der Waals surface area contributed by atoms with Crippen molar-refractivity contribution in [3.05, 3.63) is 42.1 Å². The van der Waals surface area contributed by atoms with Crippen molar-refractivity contribution < 1.29 is 0 Å². The third-order valence-electron chi connectivity index (χ3n) is 4.85. The molecule has 0 spiro atoms. The molecular weight excluding hydrogens is 423 g/mol. The standard InChI is InChI=1S/C20H28N4.HI/c1-3-21-20(24-17-10-8-15(2)9-11-17)23-14-16-12-13-22-19-7-5-4-6-18(16)19;/h4-7,12-13,15,17H,3,8-11,14H2,1-2H3,(H2,21,23,24);1H. The average Bonchev–Trinajstić information content (AvgIpc) is 2.62. The predicted molar refractivity (Wildman–Crippen MR) is 117 cm³/mol. The summed E-state index contributed by atoms with van der Waals surface area (Å²) in [6.45, 7) is 6.01. The molecule has 0 bridgehead atoms. The number of hydrogen-bond donors (Lipinski definition) is 2. The third-order valence-corrected chi connectivity index (χ3v) is 4.85. The SMILES string of the molecule is CCNC(=NCc1ccnc2ccccc12)NC1CCC(C)CC1.I. The molecule has 0 atom stereocenters. The lowest BCUT2D eigenvalue weighted by Crippen LogP contribution is -2.44. The number of fused-ring (bicyclic) bond motifs is 1. The molecule has 0 amide bonds. The predicted octanol–water partition coefficient (Wildman–Crippen LogP) is 4.49. The zero-order chi connectivity index (χ0) is 16.8. The quantitative estimate of drug-likeness (QED) is 0.409. The summed E-state index contributed by atoms with van der Waals surface area (Å²) >= 11 is 0. The van der Waals surface area contributed by atoms with Crippen molar-refractivity contribution in [3.63, 3.8) is 0 Å². The van der Waals surface area contributed by atoms with Crippen LogP contribution in [0.25, 0.3) is 10.9 Å². The largest absolute Gasteiger partial charge is 0.357 e. The molecule has 136 valence electrons. The van der Waals surface area contributed by atoms with Crippen molar-refractivity contribution in [2.45, 2.75) is 52.1 Å². The first-order valence-corrected chi connectivity index (χ1v) is 9.13. The van der Waals surface area contributed by atoms with E-state index in [2.05, 4.69) is 53.7 Å². The molecule has 1 fully saturated rings. The van der Waals surface area contributed by atoms with Crippen LogP contribution >= 0.6 is 24.0 Å². The highest BCUT2D eigenvalue weighted by Crippen LogP contribution is 2.23. The Kier molecular flexibility index (Phi) is 7.93. The van der Waals surface area contributed by atoms with E-state index in [1.807, 2.05) is 12.3 Å². The van der Waals surface area contributed by atoms with Gasteiger partial charge in [0.15, 0.2) is 5.96 Å². The molecule has 0 radical (unpaired) electrons. The molecule has 4 nitrogen and oxygen atoms in total. The van der Waals surface area contributed by atoms with Gasteiger partial charge in [0.2, 0.25) is 0 Å². The minimum absolute atomic E-state index is 0. The molecule has 1 aliphatic rings. The van der Waals surface area contributed by atoms with Crippen LogP contribution in [-0.2, 0) is 6.54 Å². The number of benzene rings is 1. The highest BCUT2D eigenvalue weighted by atomic mass is 127. The van der Waals surface area contributed by atoms with Crippen molar-refractivity contribution in [1.82, 2.24) is 15.6 Å². The second kappa shape index (κ2) is 9.94. The molecule has 2 aromatic rings. The van der Waals surface area contributed by atoms with E-state index in [-0.39, 0.29) is 24.0 Å². The Morgan fingerprint density at radius 3 is 2.68 bits per heavy atom. The van der Waals surface area contributed by atoms with Gasteiger partial charge in [0.25, 0.3) is 0 Å². The number of pyridine rings is 1. The fourth-order valence-electron chi connectivity index (χ4n) is 3.37. The lowest BCUT2D eigenvalue weighted by molar-refractivity contribution is 0.329. The zero-order valence-electron chi connectivity index (χ0n) is 15.2. The van der Waals surface area contributed by atoms with Crippen molar-refractivity contribution in [2.75, 3.05) is 6.54 Å². The minimum atomic E-state index is 0. The maximum atomic E-state index is 4.81. The summed E-state index contributed by atoms with van der Waals surface area (Å²) in [5.41, 5.74) is 2.25. The van der Waals surface area contributed by atoms with E-state index in [1.54, 1.807) is 0 Å². The Morgan fingerprint density at radius 2 is 1.92 bits per heavy atom. The summed E-state index contributed by atoms with van der Waals surface area (Å²) in [5, 5.41) is 8.19. The van der Waals surface area contributed by atoms with Crippen molar-refractivity contribution in [2.24, 2.45) is 10.9 Å². The molecule has 0 unspecified atom stereocenters. The minimum Gasteiger partial charge on any atom is -0.357 e. The molecule has 1 aromatic heterocycles. The van der Waals surface area contributed by atoms with Crippen LogP contribution in [0.4, 0.5) is 0 Å². The van der Waals surface area contributed by atoms with E-state index in [0.29, 0.717) is 12.6 Å². The number of aliphatic imine (C=N–C) groups is 1. The molecule has 3 rings (SSSR count). The summed E-state index contributed by atoms with van der Waals surface area (Å²) in [6.07, 6.45) is 6.97. The number of aromatic nitrogens is 1. The van der Waals surface area contributed by atoms with Crippen LogP contribution in [0.1, 0.15) is 45.1 Å². The molecule has 25 heavy (non-hydrogen) atoms. The number of rotatable bonds is 4. The van der Waals surface area contributed by atoms with Gasteiger partial charge in [0.05, 0.1) is 12.1 Å². The van der Waals surface area contributed by atoms with Gasteiger partial charge < -0.3 is 10.6 Å². The van der Waals surface area contributed by atoms with Gasteiger partial charge in [-0.1, -0.05) is 25.1 Å². The van der Waals surface area contributed by atoms with E-state index >= 15 is 0 Å². The van der Waals surface area contributed by atoms with Crippen LogP contribution in [0.5, 0.6) is 0 Å². The van der Waals surface area contributed by atoms with Crippen LogP contribution in [0.3, 0.4) is 0 Å². The van der Waals surface area contributed by atoms with Crippen LogP contribution in [0.15, 0.2) is 41.5 Å². The summed E-state index contributed by atoms with van der Waals surface area (Å²) in [5.74, 6) is 1.80. The van der Waals surface area contributed by atoms with Gasteiger partial charge >= 0.3 is 0 Å². The van der Waals surface area contributed by atoms with E-state index in [0.717, 1.165) is 23.9 Å². The number of para-hydroxylation sites is 1. The number of nitrogens with zero attached hydrogens (tertiary/aromatic N) is 2. The lowest BCUT2D eigenvalue weighted by Gasteiger charge is -2.28. The molecule has 1 aliphatic carbocycles. The summed E-state index contributed by atoms with van der Waals surface area (Å²) in [7, 11) is 0. The van der Waals surface area contributed by atoms with Gasteiger partial charge in [0.1, 0.15) is 0 Å².